The van der Waals surface area contributed by atoms with Crippen molar-refractivity contribution in [1.29, 1.82) is 0 Å². The molecule has 0 spiro atoms. The number of aliphatic carboxylic acids is 1. The highest BCUT2D eigenvalue weighted by Gasteiger charge is 2.11. The number of carboxylic acid groups (broad SMARTS) is 1. The molecule has 1 N–H and O–H groups in total. The van der Waals surface area contributed by atoms with Gasteiger partial charge in [-0.05, 0) is 31.6 Å². The van der Waals surface area contributed by atoms with E-state index in [9.17, 15) is 14.9 Å². The molecule has 0 fully saturated rings. The maximum atomic E-state index is 10.8. The van der Waals surface area contributed by atoms with Gasteiger partial charge in [-0.15, -0.1) is 0 Å². The lowest BCUT2D eigenvalue weighted by atomic mass is 10.1. The lowest BCUT2D eigenvalue weighted by molar-refractivity contribution is -0.385. The summed E-state index contributed by atoms with van der Waals surface area (Å²) in [5.74, 6) is -0.386. The summed E-state index contributed by atoms with van der Waals surface area (Å²) >= 11 is 0. The Morgan fingerprint density at radius 2 is 2.15 bits per heavy atom. The molecule has 7 heteroatoms. The fourth-order valence-corrected chi connectivity index (χ4v) is 1.85. The maximum absolute atomic E-state index is 10.8. The van der Waals surface area contributed by atoms with Gasteiger partial charge in [-0.2, -0.15) is 0 Å². The lowest BCUT2D eigenvalue weighted by Crippen LogP contribution is -2.19. The molecule has 0 aliphatic rings. The summed E-state index contributed by atoms with van der Waals surface area (Å²) in [7, 11) is 3.30. The van der Waals surface area contributed by atoms with Crippen LogP contribution in [0, 0.1) is 10.1 Å². The van der Waals surface area contributed by atoms with E-state index in [0.29, 0.717) is 25.3 Å². The van der Waals surface area contributed by atoms with Gasteiger partial charge in [-0.1, -0.05) is 0 Å². The van der Waals surface area contributed by atoms with E-state index < -0.39 is 10.9 Å². The first kappa shape index (κ1) is 15.9. The van der Waals surface area contributed by atoms with Crippen LogP contribution >= 0.6 is 0 Å². The molecule has 0 radical (unpaired) electrons. The number of hydrogen-bond acceptors (Lipinski definition) is 5. The molecule has 0 unspecified atom stereocenters. The smallest absolute Gasteiger partial charge is 0.303 e. The van der Waals surface area contributed by atoms with E-state index in [0.717, 1.165) is 5.56 Å². The third kappa shape index (κ3) is 5.23. The van der Waals surface area contributed by atoms with Gasteiger partial charge in [-0.3, -0.25) is 14.9 Å². The van der Waals surface area contributed by atoms with Crippen LogP contribution in [0.5, 0.6) is 5.75 Å². The van der Waals surface area contributed by atoms with E-state index in [1.54, 1.807) is 6.07 Å². The van der Waals surface area contributed by atoms with Gasteiger partial charge in [0.1, 0.15) is 5.75 Å². The van der Waals surface area contributed by atoms with Crippen molar-refractivity contribution in [3.05, 3.63) is 33.9 Å². The average Bonchev–Trinajstić information content (AvgIpc) is 2.37. The summed E-state index contributed by atoms with van der Waals surface area (Å²) in [6.45, 7) is 1.11. The number of ether oxygens (including phenoxy) is 1. The summed E-state index contributed by atoms with van der Waals surface area (Å²) in [5.41, 5.74) is 0.743. The van der Waals surface area contributed by atoms with Crippen LogP contribution in [0.15, 0.2) is 18.2 Å². The van der Waals surface area contributed by atoms with Crippen LogP contribution in [0.25, 0.3) is 0 Å². The predicted molar refractivity (Wildman–Crippen MR) is 72.9 cm³/mol. The highest BCUT2D eigenvalue weighted by molar-refractivity contribution is 5.66. The SMILES string of the molecule is COc1cc(CN(C)CCCC(=O)O)cc([N+](=O)[O-])c1. The third-order valence-corrected chi connectivity index (χ3v) is 2.78. The van der Waals surface area contributed by atoms with Crippen molar-refractivity contribution in [3.63, 3.8) is 0 Å². The quantitative estimate of drug-likeness (QED) is 0.578. The molecule has 20 heavy (non-hydrogen) atoms. The molecule has 1 rings (SSSR count). The van der Waals surface area contributed by atoms with Gasteiger partial charge in [0.25, 0.3) is 5.69 Å². The number of nitro benzene ring substituents is 1. The number of nitro groups is 1. The Kier molecular flexibility index (Phi) is 5.92. The number of non-ortho nitro benzene ring substituents is 1. The largest absolute Gasteiger partial charge is 0.496 e. The minimum absolute atomic E-state index is 0.0155. The fraction of sp³-hybridized carbons (Fsp3) is 0.462. The zero-order chi connectivity index (χ0) is 15.1. The molecule has 0 saturated heterocycles. The van der Waals surface area contributed by atoms with Gasteiger partial charge < -0.3 is 14.7 Å². The third-order valence-electron chi connectivity index (χ3n) is 2.78. The van der Waals surface area contributed by atoms with Crippen LogP contribution in [0.3, 0.4) is 0 Å². The minimum atomic E-state index is -0.824. The van der Waals surface area contributed by atoms with E-state index in [2.05, 4.69) is 0 Å². The first-order valence-corrected chi connectivity index (χ1v) is 6.15. The Balaban J connectivity index is 2.68. The molecule has 0 bridgehead atoms. The zero-order valence-electron chi connectivity index (χ0n) is 11.5. The van der Waals surface area contributed by atoms with Crippen molar-refractivity contribution in [2.24, 2.45) is 0 Å². The number of benzene rings is 1. The number of nitrogens with zero attached hydrogens (tertiary/aromatic N) is 2. The Labute approximate surface area is 116 Å². The van der Waals surface area contributed by atoms with Crippen molar-refractivity contribution in [1.82, 2.24) is 4.90 Å². The number of rotatable bonds is 8. The topological polar surface area (TPSA) is 92.9 Å². The normalized spacial score (nSPS) is 10.6. The highest BCUT2D eigenvalue weighted by atomic mass is 16.6. The molecule has 0 aliphatic carbocycles. The molecule has 0 amide bonds. The molecular formula is C13H18N2O5. The zero-order valence-corrected chi connectivity index (χ0v) is 11.5. The second kappa shape index (κ2) is 7.44. The van der Waals surface area contributed by atoms with Crippen molar-refractivity contribution >= 4 is 11.7 Å². The Morgan fingerprint density at radius 1 is 1.45 bits per heavy atom. The molecule has 0 aromatic heterocycles. The Morgan fingerprint density at radius 3 is 2.70 bits per heavy atom. The van der Waals surface area contributed by atoms with Crippen molar-refractivity contribution in [2.75, 3.05) is 20.7 Å². The van der Waals surface area contributed by atoms with Crippen LogP contribution in [-0.2, 0) is 11.3 Å². The first-order chi connectivity index (χ1) is 9.42. The van der Waals surface area contributed by atoms with Gasteiger partial charge in [-0.25, -0.2) is 0 Å². The molecular weight excluding hydrogens is 264 g/mol. The molecule has 1 aromatic rings. The molecule has 110 valence electrons. The van der Waals surface area contributed by atoms with E-state index in [1.165, 1.54) is 19.2 Å². The molecule has 7 nitrogen and oxygen atoms in total. The highest BCUT2D eigenvalue weighted by Crippen LogP contribution is 2.23. The monoisotopic (exact) mass is 282 g/mol. The van der Waals surface area contributed by atoms with Crippen LogP contribution in [-0.4, -0.2) is 41.6 Å². The molecule has 0 saturated carbocycles. The number of carboxylic acids is 1. The second-order valence-electron chi connectivity index (χ2n) is 4.53. The van der Waals surface area contributed by atoms with Gasteiger partial charge >= 0.3 is 5.97 Å². The lowest BCUT2D eigenvalue weighted by Gasteiger charge is -2.16. The van der Waals surface area contributed by atoms with E-state index in [4.69, 9.17) is 9.84 Å². The summed E-state index contributed by atoms with van der Waals surface area (Å²) in [5, 5.41) is 19.4. The Hall–Kier alpha value is -2.15. The molecule has 1 aromatic carbocycles. The van der Waals surface area contributed by atoms with Gasteiger partial charge in [0.05, 0.1) is 18.1 Å². The average molecular weight is 282 g/mol. The molecule has 0 atom stereocenters. The first-order valence-electron chi connectivity index (χ1n) is 6.15. The van der Waals surface area contributed by atoms with Gasteiger partial charge in [0.2, 0.25) is 0 Å². The summed E-state index contributed by atoms with van der Waals surface area (Å²) in [4.78, 5) is 22.7. The van der Waals surface area contributed by atoms with Crippen LogP contribution < -0.4 is 4.74 Å². The van der Waals surface area contributed by atoms with Crippen molar-refractivity contribution in [3.8, 4) is 5.75 Å². The minimum Gasteiger partial charge on any atom is -0.496 e. The van der Waals surface area contributed by atoms with E-state index >= 15 is 0 Å². The van der Waals surface area contributed by atoms with Gasteiger partial charge in [0, 0.05) is 19.0 Å². The summed E-state index contributed by atoms with van der Waals surface area (Å²) < 4.78 is 5.04. The number of carbonyl (C=O) groups is 1. The maximum Gasteiger partial charge on any atom is 0.303 e. The Bertz CT molecular complexity index is 490. The molecule has 0 heterocycles. The van der Waals surface area contributed by atoms with E-state index in [1.807, 2.05) is 11.9 Å². The summed E-state index contributed by atoms with van der Waals surface area (Å²) in [6.07, 6.45) is 0.653. The van der Waals surface area contributed by atoms with Gasteiger partial charge in [0.15, 0.2) is 0 Å². The van der Waals surface area contributed by atoms with Crippen molar-refractivity contribution in [2.45, 2.75) is 19.4 Å². The summed E-state index contributed by atoms with van der Waals surface area (Å²) in [6, 6.07) is 4.60. The van der Waals surface area contributed by atoms with Crippen LogP contribution in [0.4, 0.5) is 5.69 Å². The predicted octanol–water partition coefficient (Wildman–Crippen LogP) is 1.90. The standard InChI is InChI=1S/C13H18N2O5/c1-14(5-3-4-13(16)17)9-10-6-11(15(18)19)8-12(7-10)20-2/h6-8H,3-5,9H2,1-2H3,(H,16,17). The number of methoxy groups -OCH3 is 1. The van der Waals surface area contributed by atoms with Crippen LogP contribution in [0.2, 0.25) is 0 Å². The van der Waals surface area contributed by atoms with Crippen molar-refractivity contribution < 1.29 is 19.6 Å². The number of hydrogen-bond donors (Lipinski definition) is 1. The fourth-order valence-electron chi connectivity index (χ4n) is 1.85. The van der Waals surface area contributed by atoms with E-state index in [-0.39, 0.29) is 12.1 Å². The molecule has 0 aliphatic heterocycles. The van der Waals surface area contributed by atoms with Crippen LogP contribution in [0.1, 0.15) is 18.4 Å². The second-order valence-corrected chi connectivity index (χ2v) is 4.53.